The lowest BCUT2D eigenvalue weighted by Gasteiger charge is -2.06. The van der Waals surface area contributed by atoms with Gasteiger partial charge in [-0.15, -0.1) is 22.7 Å². The molecule has 0 unspecified atom stereocenters. The quantitative estimate of drug-likeness (QED) is 0.237. The molecule has 5 heterocycles. The third-order valence-corrected chi connectivity index (χ3v) is 9.00. The summed E-state index contributed by atoms with van der Waals surface area (Å²) in [5.41, 5.74) is 6.51. The molecular weight excluding hydrogens is 491 g/mol. The van der Waals surface area contributed by atoms with Crippen molar-refractivity contribution in [2.75, 3.05) is 0 Å². The van der Waals surface area contributed by atoms with Crippen molar-refractivity contribution in [3.8, 4) is 27.5 Å². The summed E-state index contributed by atoms with van der Waals surface area (Å²) in [6, 6.07) is 34.7. The van der Waals surface area contributed by atoms with Gasteiger partial charge in [0.2, 0.25) is 0 Å². The summed E-state index contributed by atoms with van der Waals surface area (Å²) in [7, 11) is 0. The van der Waals surface area contributed by atoms with Gasteiger partial charge in [0.15, 0.2) is 0 Å². The minimum absolute atomic E-state index is 0.882. The van der Waals surface area contributed by atoms with E-state index in [1.54, 1.807) is 11.3 Å². The highest BCUT2D eigenvalue weighted by Crippen LogP contribution is 2.39. The van der Waals surface area contributed by atoms with Gasteiger partial charge in [-0.25, -0.2) is 0 Å². The molecule has 174 valence electrons. The predicted octanol–water partition coefficient (Wildman–Crippen LogP) is 9.34. The van der Waals surface area contributed by atoms with E-state index >= 15 is 0 Å². The van der Waals surface area contributed by atoms with Crippen LogP contribution in [0.25, 0.3) is 69.5 Å². The van der Waals surface area contributed by atoms with Gasteiger partial charge in [-0.2, -0.15) is 0 Å². The van der Waals surface area contributed by atoms with E-state index in [0.29, 0.717) is 0 Å². The average molecular weight is 510 g/mol. The first kappa shape index (κ1) is 20.8. The molecular formula is C32H19N3S2. The van der Waals surface area contributed by atoms with Gasteiger partial charge in [0.05, 0.1) is 33.6 Å². The van der Waals surface area contributed by atoms with E-state index in [0.717, 1.165) is 16.9 Å². The van der Waals surface area contributed by atoms with Crippen molar-refractivity contribution in [1.29, 1.82) is 0 Å². The number of hydrogen-bond donors (Lipinski definition) is 0. The fourth-order valence-electron chi connectivity index (χ4n) is 5.29. The number of pyridine rings is 2. The molecule has 0 aliphatic rings. The summed E-state index contributed by atoms with van der Waals surface area (Å²) in [6.07, 6.45) is 3.81. The minimum Gasteiger partial charge on any atom is -0.299 e. The number of rotatable bonds is 3. The number of aromatic nitrogens is 3. The third kappa shape index (κ3) is 3.25. The second kappa shape index (κ2) is 8.10. The molecule has 37 heavy (non-hydrogen) atoms. The normalized spacial score (nSPS) is 11.8. The van der Waals surface area contributed by atoms with Crippen LogP contribution in [0.4, 0.5) is 0 Å². The lowest BCUT2D eigenvalue weighted by atomic mass is 10.0. The summed E-state index contributed by atoms with van der Waals surface area (Å²) < 4.78 is 4.98. The average Bonchev–Trinajstić information content (AvgIpc) is 3.68. The molecule has 0 amide bonds. The molecule has 0 saturated heterocycles. The molecule has 0 atom stereocenters. The number of fused-ring (bicyclic) bond motifs is 6. The second-order valence-electron chi connectivity index (χ2n) is 9.13. The first-order chi connectivity index (χ1) is 18.3. The Kier molecular flexibility index (Phi) is 4.56. The van der Waals surface area contributed by atoms with Crippen LogP contribution < -0.4 is 0 Å². The molecule has 0 saturated carbocycles. The lowest BCUT2D eigenvalue weighted by molar-refractivity contribution is 1.19. The Morgan fingerprint density at radius 2 is 1.41 bits per heavy atom. The van der Waals surface area contributed by atoms with Gasteiger partial charge in [0, 0.05) is 37.1 Å². The maximum absolute atomic E-state index is 4.80. The monoisotopic (exact) mass is 509 g/mol. The SMILES string of the molecule is c1ccc(-c2cc3c4cc(-c5ccc6c(c5)sc5ccccc56)ccc4n(-c4cccs4)c3cn2)nc1. The van der Waals surface area contributed by atoms with Crippen LogP contribution in [0.2, 0.25) is 0 Å². The van der Waals surface area contributed by atoms with Crippen LogP contribution in [0.1, 0.15) is 0 Å². The van der Waals surface area contributed by atoms with Crippen molar-refractivity contribution in [1.82, 2.24) is 14.5 Å². The van der Waals surface area contributed by atoms with Crippen LogP contribution in [0.15, 0.2) is 115 Å². The van der Waals surface area contributed by atoms with Crippen molar-refractivity contribution < 1.29 is 0 Å². The molecule has 0 aliphatic heterocycles. The van der Waals surface area contributed by atoms with Gasteiger partial charge in [0.25, 0.3) is 0 Å². The van der Waals surface area contributed by atoms with Crippen molar-refractivity contribution in [2.24, 2.45) is 0 Å². The van der Waals surface area contributed by atoms with Gasteiger partial charge in [-0.3, -0.25) is 14.5 Å². The zero-order valence-corrected chi connectivity index (χ0v) is 21.3. The fraction of sp³-hybridized carbons (Fsp3) is 0. The smallest absolute Gasteiger partial charge is 0.1000 e. The number of hydrogen-bond acceptors (Lipinski definition) is 4. The molecule has 0 spiro atoms. The van der Waals surface area contributed by atoms with Gasteiger partial charge in [-0.1, -0.05) is 42.5 Å². The predicted molar refractivity (Wildman–Crippen MR) is 158 cm³/mol. The van der Waals surface area contributed by atoms with E-state index < -0.39 is 0 Å². The standard InChI is InChI=1S/C32H19N3S2/c1-2-8-30-22(6-1)23-12-10-21(17-31(23)37-30)20-11-13-28-24(16-20)25-18-27(26-7-3-4-14-33-26)34-19-29(25)35(28)32-9-5-15-36-32/h1-19H. The van der Waals surface area contributed by atoms with Crippen LogP contribution in [0, 0.1) is 0 Å². The fourth-order valence-corrected chi connectivity index (χ4v) is 7.19. The molecule has 3 aromatic carbocycles. The molecule has 0 fully saturated rings. The highest BCUT2D eigenvalue weighted by molar-refractivity contribution is 7.25. The van der Waals surface area contributed by atoms with E-state index in [4.69, 9.17) is 4.98 Å². The highest BCUT2D eigenvalue weighted by atomic mass is 32.1. The van der Waals surface area contributed by atoms with E-state index in [1.165, 1.54) is 52.6 Å². The van der Waals surface area contributed by atoms with Crippen LogP contribution in [-0.2, 0) is 0 Å². The minimum atomic E-state index is 0.882. The summed E-state index contributed by atoms with van der Waals surface area (Å²) in [4.78, 5) is 9.34. The first-order valence-electron chi connectivity index (χ1n) is 12.1. The van der Waals surface area contributed by atoms with Crippen molar-refractivity contribution in [3.63, 3.8) is 0 Å². The molecule has 0 bridgehead atoms. The second-order valence-corrected chi connectivity index (χ2v) is 11.1. The van der Waals surface area contributed by atoms with E-state index in [-0.39, 0.29) is 0 Å². The first-order valence-corrected chi connectivity index (χ1v) is 13.8. The summed E-state index contributed by atoms with van der Waals surface area (Å²) in [6.45, 7) is 0. The highest BCUT2D eigenvalue weighted by Gasteiger charge is 2.16. The maximum atomic E-state index is 4.80. The Labute approximate surface area is 220 Å². The molecule has 0 aliphatic carbocycles. The summed E-state index contributed by atoms with van der Waals surface area (Å²) >= 11 is 3.60. The topological polar surface area (TPSA) is 30.7 Å². The van der Waals surface area contributed by atoms with Crippen LogP contribution in [0.3, 0.4) is 0 Å². The van der Waals surface area contributed by atoms with Crippen molar-refractivity contribution >= 4 is 64.7 Å². The van der Waals surface area contributed by atoms with Crippen LogP contribution >= 0.6 is 22.7 Å². The number of nitrogens with zero attached hydrogens (tertiary/aromatic N) is 3. The maximum Gasteiger partial charge on any atom is 0.1000 e. The molecule has 3 nitrogen and oxygen atoms in total. The third-order valence-electron chi connectivity index (χ3n) is 7.02. The van der Waals surface area contributed by atoms with Crippen molar-refractivity contribution in [2.45, 2.75) is 0 Å². The molecule has 0 radical (unpaired) electrons. The van der Waals surface area contributed by atoms with Gasteiger partial charge >= 0.3 is 0 Å². The Morgan fingerprint density at radius 3 is 2.30 bits per heavy atom. The molecule has 0 N–H and O–H groups in total. The zero-order valence-electron chi connectivity index (χ0n) is 19.6. The van der Waals surface area contributed by atoms with Crippen LogP contribution in [0.5, 0.6) is 0 Å². The molecule has 8 rings (SSSR count). The Bertz CT molecular complexity index is 2080. The summed E-state index contributed by atoms with van der Waals surface area (Å²) in [5.74, 6) is 0. The van der Waals surface area contributed by atoms with Crippen LogP contribution in [-0.4, -0.2) is 14.5 Å². The van der Waals surface area contributed by atoms with E-state index in [1.807, 2.05) is 41.9 Å². The Hall–Kier alpha value is -4.32. The summed E-state index contributed by atoms with van der Waals surface area (Å²) in [5, 5.41) is 8.37. The lowest BCUT2D eigenvalue weighted by Crippen LogP contribution is -1.91. The molecule has 5 heteroatoms. The zero-order chi connectivity index (χ0) is 24.3. The Morgan fingerprint density at radius 1 is 0.568 bits per heavy atom. The molecule has 5 aromatic heterocycles. The number of thiophene rings is 2. The number of benzene rings is 3. The van der Waals surface area contributed by atoms with E-state index in [9.17, 15) is 0 Å². The molecule has 8 aromatic rings. The van der Waals surface area contributed by atoms with Gasteiger partial charge in [-0.05, 0) is 71.1 Å². The largest absolute Gasteiger partial charge is 0.299 e. The Balaban J connectivity index is 1.37. The van der Waals surface area contributed by atoms with Gasteiger partial charge in [0.1, 0.15) is 0 Å². The van der Waals surface area contributed by atoms with Gasteiger partial charge < -0.3 is 0 Å². The van der Waals surface area contributed by atoms with E-state index in [2.05, 4.69) is 93.8 Å². The van der Waals surface area contributed by atoms with Crippen molar-refractivity contribution in [3.05, 3.63) is 115 Å².